The van der Waals surface area contributed by atoms with Gasteiger partial charge in [0.15, 0.2) is 0 Å². The van der Waals surface area contributed by atoms with Gasteiger partial charge >= 0.3 is 0 Å². The van der Waals surface area contributed by atoms with E-state index in [1.165, 1.54) is 18.3 Å². The maximum atomic E-state index is 13.5. The third-order valence-corrected chi connectivity index (χ3v) is 5.41. The second kappa shape index (κ2) is 7.76. The summed E-state index contributed by atoms with van der Waals surface area (Å²) in [5.74, 6) is 0.772. The summed E-state index contributed by atoms with van der Waals surface area (Å²) in [6, 6.07) is 16.1. The Morgan fingerprint density at radius 2 is 1.83 bits per heavy atom. The minimum atomic E-state index is -0.249. The normalized spacial score (nSPS) is 15.0. The van der Waals surface area contributed by atoms with E-state index >= 15 is 0 Å². The van der Waals surface area contributed by atoms with Crippen molar-refractivity contribution >= 4 is 16.9 Å². The van der Waals surface area contributed by atoms with E-state index in [1.54, 1.807) is 17.0 Å². The molecule has 4 aromatic rings. The second-order valence-electron chi connectivity index (χ2n) is 7.42. The zero-order valence-electron chi connectivity index (χ0n) is 16.3. The lowest BCUT2D eigenvalue weighted by Gasteiger charge is -2.33. The molecule has 0 aliphatic carbocycles. The summed E-state index contributed by atoms with van der Waals surface area (Å²) in [5.41, 5.74) is 2.60. The van der Waals surface area contributed by atoms with Crippen molar-refractivity contribution in [3.63, 3.8) is 0 Å². The van der Waals surface area contributed by atoms with Gasteiger partial charge in [-0.2, -0.15) is 0 Å². The summed E-state index contributed by atoms with van der Waals surface area (Å²) < 4.78 is 24.5. The number of piperazine rings is 1. The molecular formula is C23H20FN3O3. The van der Waals surface area contributed by atoms with E-state index in [9.17, 15) is 9.18 Å². The average Bonchev–Trinajstić information content (AvgIpc) is 3.43. The largest absolute Gasteiger partial charge is 0.460 e. The molecule has 1 aliphatic rings. The molecule has 30 heavy (non-hydrogen) atoms. The second-order valence-corrected chi connectivity index (χ2v) is 7.42. The molecule has 0 N–H and O–H groups in total. The molecule has 1 amide bonds. The van der Waals surface area contributed by atoms with Gasteiger partial charge in [0.2, 0.25) is 5.76 Å². The molecular weight excluding hydrogens is 385 g/mol. The summed E-state index contributed by atoms with van der Waals surface area (Å²) >= 11 is 0. The molecule has 7 heteroatoms. The summed E-state index contributed by atoms with van der Waals surface area (Å²) in [6.45, 7) is 3.44. The number of furan rings is 1. The van der Waals surface area contributed by atoms with E-state index in [0.717, 1.165) is 40.9 Å². The highest BCUT2D eigenvalue weighted by atomic mass is 19.1. The predicted octanol–water partition coefficient (Wildman–Crippen LogP) is 4.18. The Bertz CT molecular complexity index is 1180. The molecule has 5 rings (SSSR count). The van der Waals surface area contributed by atoms with Crippen LogP contribution in [0.5, 0.6) is 0 Å². The van der Waals surface area contributed by atoms with Gasteiger partial charge in [0.25, 0.3) is 5.91 Å². The number of hydrogen-bond acceptors (Lipinski definition) is 5. The first-order chi connectivity index (χ1) is 14.7. The molecule has 0 atom stereocenters. The van der Waals surface area contributed by atoms with E-state index in [0.29, 0.717) is 19.6 Å². The van der Waals surface area contributed by atoms with Crippen LogP contribution in [0.4, 0.5) is 4.39 Å². The first-order valence-electron chi connectivity index (χ1n) is 9.86. The van der Waals surface area contributed by atoms with Crippen LogP contribution in [0.2, 0.25) is 0 Å². The number of carbonyl (C=O) groups is 1. The molecule has 2 aromatic heterocycles. The standard InChI is InChI=1S/C23H20FN3O3/c24-19-3-1-2-16(13-19)17-4-5-21-18(12-17)14-20(29-21)15-26-8-10-27(11-9-26)23(28)22-6-7-25-30-22/h1-7,12-14H,8-11,15H2. The van der Waals surface area contributed by atoms with Gasteiger partial charge in [0.05, 0.1) is 12.7 Å². The van der Waals surface area contributed by atoms with Crippen LogP contribution in [0.3, 0.4) is 0 Å². The van der Waals surface area contributed by atoms with E-state index in [4.69, 9.17) is 8.94 Å². The quantitative estimate of drug-likeness (QED) is 0.510. The van der Waals surface area contributed by atoms with Crippen molar-refractivity contribution in [3.8, 4) is 11.1 Å². The lowest BCUT2D eigenvalue weighted by molar-refractivity contribution is 0.0581. The SMILES string of the molecule is O=C(c1ccno1)N1CCN(Cc2cc3cc(-c4cccc(F)c4)ccc3o2)CC1. The van der Waals surface area contributed by atoms with Gasteiger partial charge in [-0.3, -0.25) is 9.69 Å². The maximum Gasteiger partial charge on any atom is 0.292 e. The highest BCUT2D eigenvalue weighted by Crippen LogP contribution is 2.28. The maximum absolute atomic E-state index is 13.5. The van der Waals surface area contributed by atoms with Gasteiger partial charge in [-0.05, 0) is 41.5 Å². The summed E-state index contributed by atoms with van der Waals surface area (Å²) in [6.07, 6.45) is 1.48. The zero-order chi connectivity index (χ0) is 20.5. The molecule has 0 radical (unpaired) electrons. The number of hydrogen-bond donors (Lipinski definition) is 0. The molecule has 0 spiro atoms. The Kier molecular flexibility index (Phi) is 4.80. The van der Waals surface area contributed by atoms with E-state index in [-0.39, 0.29) is 17.5 Å². The summed E-state index contributed by atoms with van der Waals surface area (Å²) in [4.78, 5) is 16.4. The number of carbonyl (C=O) groups excluding carboxylic acids is 1. The fourth-order valence-corrected chi connectivity index (χ4v) is 3.84. The van der Waals surface area contributed by atoms with Crippen LogP contribution < -0.4 is 0 Å². The Morgan fingerprint density at radius 3 is 2.60 bits per heavy atom. The third-order valence-electron chi connectivity index (χ3n) is 5.41. The van der Waals surface area contributed by atoms with Crippen LogP contribution in [-0.2, 0) is 6.54 Å². The number of halogens is 1. The molecule has 0 bridgehead atoms. The van der Waals surface area contributed by atoms with Crippen LogP contribution in [0.25, 0.3) is 22.1 Å². The number of amides is 1. The lowest BCUT2D eigenvalue weighted by atomic mass is 10.0. The topological polar surface area (TPSA) is 62.7 Å². The molecule has 3 heterocycles. The fourth-order valence-electron chi connectivity index (χ4n) is 3.84. The highest BCUT2D eigenvalue weighted by Gasteiger charge is 2.24. The van der Waals surface area contributed by atoms with Crippen molar-refractivity contribution < 1.29 is 18.1 Å². The Labute approximate surface area is 172 Å². The molecule has 0 saturated carbocycles. The monoisotopic (exact) mass is 405 g/mol. The van der Waals surface area contributed by atoms with Gasteiger partial charge < -0.3 is 13.8 Å². The van der Waals surface area contributed by atoms with Crippen LogP contribution in [-0.4, -0.2) is 47.0 Å². The molecule has 2 aromatic carbocycles. The Balaban J connectivity index is 1.25. The Hall–Kier alpha value is -3.45. The van der Waals surface area contributed by atoms with Crippen molar-refractivity contribution in [2.24, 2.45) is 0 Å². The smallest absolute Gasteiger partial charge is 0.292 e. The molecule has 1 saturated heterocycles. The van der Waals surface area contributed by atoms with E-state index < -0.39 is 0 Å². The van der Waals surface area contributed by atoms with Gasteiger partial charge in [0, 0.05) is 37.6 Å². The molecule has 0 unspecified atom stereocenters. The number of fused-ring (bicyclic) bond motifs is 1. The van der Waals surface area contributed by atoms with E-state index in [2.05, 4.69) is 10.1 Å². The average molecular weight is 405 g/mol. The predicted molar refractivity (Wildman–Crippen MR) is 109 cm³/mol. The van der Waals surface area contributed by atoms with Crippen molar-refractivity contribution in [1.29, 1.82) is 0 Å². The zero-order valence-corrected chi connectivity index (χ0v) is 16.3. The summed E-state index contributed by atoms with van der Waals surface area (Å²) in [5, 5.41) is 4.59. The number of aromatic nitrogens is 1. The summed E-state index contributed by atoms with van der Waals surface area (Å²) in [7, 11) is 0. The van der Waals surface area contributed by atoms with Gasteiger partial charge in [-0.25, -0.2) is 4.39 Å². The highest BCUT2D eigenvalue weighted by molar-refractivity contribution is 5.91. The number of benzene rings is 2. The molecule has 1 aliphatic heterocycles. The fraction of sp³-hybridized carbons (Fsp3) is 0.217. The van der Waals surface area contributed by atoms with Gasteiger partial charge in [-0.1, -0.05) is 23.4 Å². The van der Waals surface area contributed by atoms with Crippen molar-refractivity contribution in [2.75, 3.05) is 26.2 Å². The van der Waals surface area contributed by atoms with Crippen LogP contribution in [0.1, 0.15) is 16.3 Å². The van der Waals surface area contributed by atoms with Crippen molar-refractivity contribution in [2.45, 2.75) is 6.54 Å². The van der Waals surface area contributed by atoms with Crippen LogP contribution in [0, 0.1) is 5.82 Å². The van der Waals surface area contributed by atoms with E-state index in [1.807, 2.05) is 30.3 Å². The van der Waals surface area contributed by atoms with Gasteiger partial charge in [0.1, 0.15) is 17.2 Å². The van der Waals surface area contributed by atoms with Crippen LogP contribution >= 0.6 is 0 Å². The van der Waals surface area contributed by atoms with Crippen LogP contribution in [0.15, 0.2) is 69.7 Å². The first-order valence-corrected chi connectivity index (χ1v) is 9.86. The van der Waals surface area contributed by atoms with Gasteiger partial charge in [-0.15, -0.1) is 0 Å². The lowest BCUT2D eigenvalue weighted by Crippen LogP contribution is -2.48. The molecule has 1 fully saturated rings. The molecule has 152 valence electrons. The number of nitrogens with zero attached hydrogens (tertiary/aromatic N) is 3. The minimum Gasteiger partial charge on any atom is -0.460 e. The molecule has 6 nitrogen and oxygen atoms in total. The number of rotatable bonds is 4. The first kappa shape index (κ1) is 18.6. The van der Waals surface area contributed by atoms with Crippen molar-refractivity contribution in [1.82, 2.24) is 15.0 Å². The minimum absolute atomic E-state index is 0.124. The van der Waals surface area contributed by atoms with Crippen molar-refractivity contribution in [3.05, 3.63) is 78.1 Å². The Morgan fingerprint density at radius 1 is 1.00 bits per heavy atom. The third kappa shape index (κ3) is 3.71.